The lowest BCUT2D eigenvalue weighted by Gasteiger charge is -2.56. The van der Waals surface area contributed by atoms with Gasteiger partial charge in [-0.25, -0.2) is 0 Å². The number of ether oxygens (including phenoxy) is 1. The molecule has 4 aliphatic heterocycles. The van der Waals surface area contributed by atoms with Crippen LogP contribution in [0.25, 0.3) is 50.1 Å². The first-order chi connectivity index (χ1) is 52.0. The van der Waals surface area contributed by atoms with Gasteiger partial charge in [-0.2, -0.15) is 0 Å². The first kappa shape index (κ1) is 62.5. The van der Waals surface area contributed by atoms with Crippen molar-refractivity contribution in [3.8, 4) is 56.0 Å². The summed E-state index contributed by atoms with van der Waals surface area (Å²) in [4.78, 5) is 11.6. The Kier molecular flexibility index (Phi) is 15.6. The minimum atomic E-state index is -0.200. The second-order valence-electron chi connectivity index (χ2n) is 28.5. The van der Waals surface area contributed by atoms with Crippen molar-refractivity contribution in [2.24, 2.45) is 0 Å². The molecule has 1 fully saturated rings. The Morgan fingerprint density at radius 1 is 0.438 bits per heavy atom. The van der Waals surface area contributed by atoms with Crippen LogP contribution in [0.1, 0.15) is 24.0 Å². The van der Waals surface area contributed by atoms with E-state index in [1.54, 1.807) is 0 Å². The fourth-order valence-electron chi connectivity index (χ4n) is 17.8. The first-order valence-electron chi connectivity index (χ1n) is 36.9. The molecule has 0 amide bonds. The smallest absolute Gasteiger partial charge is 0.228 e. The van der Waals surface area contributed by atoms with Gasteiger partial charge in [0.15, 0.2) is 0 Å². The summed E-state index contributed by atoms with van der Waals surface area (Å²) >= 11 is 2.00. The SMILES string of the molecule is Cc1cccc(-c2ccccc2)c1N1C2=CC3Sc4cc(N(c5ccc(-c6ccccc6)cc5)c5ccc(-c6ccccc6)cc5)cc5c4B(c4ccccc4O5)C3C=C2B2c3ccccc3N(c3ccccc3)C3=CC(N(c4ccc(C5=CCCC=C5)cc4)c4ccc(-c5ccccc5)cc4)=CC1C23. The summed E-state index contributed by atoms with van der Waals surface area (Å²) in [5.41, 5.74) is 30.9. The van der Waals surface area contributed by atoms with Gasteiger partial charge in [0.05, 0.1) is 17.4 Å². The number of aryl methyl sites for hydroxylation is 1. The van der Waals surface area contributed by atoms with E-state index in [1.807, 2.05) is 11.8 Å². The van der Waals surface area contributed by atoms with Crippen LogP contribution in [0.2, 0.25) is 11.6 Å². The summed E-state index contributed by atoms with van der Waals surface area (Å²) in [7, 11) is 0. The molecule has 105 heavy (non-hydrogen) atoms. The number of hydrogen-bond acceptors (Lipinski definition) is 6. The topological polar surface area (TPSA) is 22.2 Å². The van der Waals surface area contributed by atoms with E-state index >= 15 is 0 Å². The number of hydrogen-bond donors (Lipinski definition) is 0. The van der Waals surface area contributed by atoms with Crippen LogP contribution in [-0.4, -0.2) is 24.7 Å². The average molecular weight is 1360 g/mol. The van der Waals surface area contributed by atoms with Crippen LogP contribution in [0, 0.1) is 6.92 Å². The second kappa shape index (κ2) is 26.2. The van der Waals surface area contributed by atoms with E-state index in [0.29, 0.717) is 0 Å². The van der Waals surface area contributed by atoms with E-state index in [0.717, 1.165) is 64.2 Å². The Balaban J connectivity index is 0.809. The van der Waals surface area contributed by atoms with E-state index in [2.05, 4.69) is 397 Å². The molecule has 0 spiro atoms. The number of fused-ring (bicyclic) bond motifs is 8. The summed E-state index contributed by atoms with van der Waals surface area (Å²) in [5, 5.41) is 0.0106. The summed E-state index contributed by atoms with van der Waals surface area (Å²) in [6.07, 6.45) is 19.8. The Bertz CT molecular complexity index is 5620. The van der Waals surface area contributed by atoms with E-state index in [9.17, 15) is 0 Å². The van der Waals surface area contributed by atoms with E-state index in [-0.39, 0.29) is 36.4 Å². The fraction of sp³-hybridized carbons (Fsp3) is 0.0722. The highest BCUT2D eigenvalue weighted by molar-refractivity contribution is 8.00. The maximum Gasteiger partial charge on any atom is 0.228 e. The number of benzene rings is 13. The number of para-hydroxylation sites is 4. The van der Waals surface area contributed by atoms with Crippen molar-refractivity contribution in [1.29, 1.82) is 0 Å². The molecule has 1 saturated heterocycles. The quantitative estimate of drug-likeness (QED) is 0.107. The summed E-state index contributed by atoms with van der Waals surface area (Å²) in [6, 6.07) is 121. The van der Waals surface area contributed by atoms with E-state index in [1.165, 1.54) is 111 Å². The van der Waals surface area contributed by atoms with Crippen molar-refractivity contribution < 1.29 is 4.74 Å². The maximum absolute atomic E-state index is 7.35. The lowest BCUT2D eigenvalue weighted by Crippen LogP contribution is -2.62. The highest BCUT2D eigenvalue weighted by Crippen LogP contribution is 2.59. The van der Waals surface area contributed by atoms with Crippen LogP contribution in [0.15, 0.2) is 398 Å². The van der Waals surface area contributed by atoms with Crippen molar-refractivity contribution in [3.05, 3.63) is 404 Å². The molecule has 8 heteroatoms. The minimum Gasteiger partial charge on any atom is -0.458 e. The molecule has 0 radical (unpaired) electrons. The predicted molar refractivity (Wildman–Crippen MR) is 443 cm³/mol. The van der Waals surface area contributed by atoms with Gasteiger partial charge < -0.3 is 24.3 Å². The molecule has 0 aromatic heterocycles. The van der Waals surface area contributed by atoms with Gasteiger partial charge in [0.2, 0.25) is 13.4 Å². The molecular weight excluding hydrogens is 1290 g/mol. The Hall–Kier alpha value is -12.2. The molecule has 0 saturated carbocycles. The monoisotopic (exact) mass is 1360 g/mol. The Labute approximate surface area is 620 Å². The maximum atomic E-state index is 7.35. The lowest BCUT2D eigenvalue weighted by molar-refractivity contribution is 0.485. The van der Waals surface area contributed by atoms with Gasteiger partial charge in [0.1, 0.15) is 11.5 Å². The molecule has 13 aromatic rings. The van der Waals surface area contributed by atoms with E-state index < -0.39 is 0 Å². The zero-order valence-electron chi connectivity index (χ0n) is 58.2. The van der Waals surface area contributed by atoms with E-state index in [4.69, 9.17) is 4.74 Å². The molecule has 20 rings (SSSR count). The number of anilines is 8. The molecule has 0 N–H and O–H groups in total. The average Bonchev–Trinajstić information content (AvgIpc) is 0.688. The first-order valence-corrected chi connectivity index (χ1v) is 37.8. The van der Waals surface area contributed by atoms with Crippen LogP contribution in [0.3, 0.4) is 0 Å². The number of nitrogens with zero attached hydrogens (tertiary/aromatic N) is 4. The third-order valence-corrected chi connectivity index (χ3v) is 23.8. The molecule has 0 bridgehead atoms. The second-order valence-corrected chi connectivity index (χ2v) is 29.7. The van der Waals surface area contributed by atoms with Crippen molar-refractivity contribution in [2.75, 3.05) is 19.6 Å². The molecular formula is C97H72B2N4OS. The number of allylic oxidation sites excluding steroid dienone is 7. The van der Waals surface area contributed by atoms with Gasteiger partial charge in [-0.15, -0.1) is 11.8 Å². The molecule has 4 atom stereocenters. The minimum absolute atomic E-state index is 0.00926. The zero-order chi connectivity index (χ0) is 69.5. The fourth-order valence-corrected chi connectivity index (χ4v) is 19.2. The van der Waals surface area contributed by atoms with Gasteiger partial charge in [0.25, 0.3) is 0 Å². The standard InChI is InChI=1S/C97H72B2N4OS/c1-65-25-24-38-82(74-34-16-6-17-35-74)97(65)103-88-64-93-86(99-84-40-21-23-42-91(84)104-92-61-81(62-94(105-93)96(92)99)101(78-55-47-72(48-56-78)68-30-12-4-13-31-68)79-57-49-73(50-58-79)69-32-14-5-15-33-69)63-85(88)98-83-39-20-22-41-87(83)102(75-36-18-7-19-37-75)89-59-80(60-90(103)95(89)98)100(76-51-43-70(44-52-76)66-26-8-2-9-27-66)77-53-45-71(46-54-77)67-28-10-3-11-29-67/h2,4-10,12-64,86,90,93,95H,3,11H2,1H3. The van der Waals surface area contributed by atoms with Crippen LogP contribution in [0.4, 0.5) is 45.5 Å². The third kappa shape index (κ3) is 11.0. The number of thioether (sulfide) groups is 1. The summed E-state index contributed by atoms with van der Waals surface area (Å²) in [5.74, 6) is 1.82. The molecule has 4 unspecified atom stereocenters. The van der Waals surface area contributed by atoms with Crippen LogP contribution in [0.5, 0.6) is 11.5 Å². The highest BCUT2D eigenvalue weighted by atomic mass is 32.2. The van der Waals surface area contributed by atoms with Crippen molar-refractivity contribution in [3.63, 3.8) is 0 Å². The van der Waals surface area contributed by atoms with Gasteiger partial charge in [-0.05, 0) is 195 Å². The molecule has 7 aliphatic rings. The summed E-state index contributed by atoms with van der Waals surface area (Å²) in [6.45, 7) is 2.30. The van der Waals surface area contributed by atoms with Crippen LogP contribution in [-0.2, 0) is 0 Å². The third-order valence-electron chi connectivity index (χ3n) is 22.5. The molecule has 4 heterocycles. The highest BCUT2D eigenvalue weighted by Gasteiger charge is 2.57. The molecule has 13 aromatic carbocycles. The van der Waals surface area contributed by atoms with Gasteiger partial charge in [-0.1, -0.05) is 272 Å². The van der Waals surface area contributed by atoms with Crippen molar-refractivity contribution >= 4 is 92.6 Å². The van der Waals surface area contributed by atoms with Crippen molar-refractivity contribution in [2.45, 2.75) is 47.6 Å². The van der Waals surface area contributed by atoms with Gasteiger partial charge in [-0.3, -0.25) is 0 Å². The molecule has 498 valence electrons. The molecule has 3 aliphatic carbocycles. The van der Waals surface area contributed by atoms with Crippen LogP contribution < -0.4 is 40.7 Å². The Morgan fingerprint density at radius 3 is 1.57 bits per heavy atom. The zero-order valence-corrected chi connectivity index (χ0v) is 59.0. The van der Waals surface area contributed by atoms with Crippen LogP contribution >= 0.6 is 11.8 Å². The Morgan fingerprint density at radius 2 is 0.971 bits per heavy atom. The predicted octanol–water partition coefficient (Wildman–Crippen LogP) is 23.2. The van der Waals surface area contributed by atoms with Crippen molar-refractivity contribution in [1.82, 2.24) is 0 Å². The lowest BCUT2D eigenvalue weighted by atomic mass is 9.25. The van der Waals surface area contributed by atoms with Gasteiger partial charge in [0, 0.05) is 78.8 Å². The normalized spacial score (nSPS) is 17.7. The number of rotatable bonds is 13. The molecule has 5 nitrogen and oxygen atoms in total. The summed E-state index contributed by atoms with van der Waals surface area (Å²) < 4.78 is 7.35. The van der Waals surface area contributed by atoms with Gasteiger partial charge >= 0.3 is 0 Å². The largest absolute Gasteiger partial charge is 0.458 e.